The van der Waals surface area contributed by atoms with Crippen molar-refractivity contribution in [3.63, 3.8) is 0 Å². The van der Waals surface area contributed by atoms with Crippen LogP contribution in [0.25, 0.3) is 0 Å². The second-order valence-corrected chi connectivity index (χ2v) is 5.65. The lowest BCUT2D eigenvalue weighted by molar-refractivity contribution is -0.133. The normalized spacial score (nSPS) is 20.4. The Labute approximate surface area is 119 Å². The van der Waals surface area contributed by atoms with E-state index in [0.717, 1.165) is 24.1 Å². The number of amides is 2. The van der Waals surface area contributed by atoms with Crippen LogP contribution in [0.5, 0.6) is 0 Å². The molecule has 1 spiro atoms. The lowest BCUT2D eigenvalue weighted by Gasteiger charge is -2.38. The van der Waals surface area contributed by atoms with Gasteiger partial charge in [-0.25, -0.2) is 0 Å². The van der Waals surface area contributed by atoms with Crippen LogP contribution >= 0.6 is 0 Å². The van der Waals surface area contributed by atoms with Gasteiger partial charge < -0.3 is 9.80 Å². The van der Waals surface area contributed by atoms with Gasteiger partial charge in [0.25, 0.3) is 0 Å². The summed E-state index contributed by atoms with van der Waals surface area (Å²) >= 11 is 0. The number of benzene rings is 1. The van der Waals surface area contributed by atoms with Crippen LogP contribution in [0.4, 0.5) is 5.69 Å². The number of hydrogen-bond donors (Lipinski definition) is 0. The number of piperidine rings is 1. The van der Waals surface area contributed by atoms with Gasteiger partial charge in [-0.1, -0.05) is 18.2 Å². The fourth-order valence-corrected chi connectivity index (χ4v) is 3.60. The molecule has 3 rings (SSSR count). The summed E-state index contributed by atoms with van der Waals surface area (Å²) in [4.78, 5) is 28.1. The molecule has 4 nitrogen and oxygen atoms in total. The molecule has 0 radical (unpaired) electrons. The number of carbonyl (C=O) groups is 2. The molecule has 2 heterocycles. The van der Waals surface area contributed by atoms with Gasteiger partial charge in [-0.3, -0.25) is 9.59 Å². The van der Waals surface area contributed by atoms with Crippen LogP contribution in [0.1, 0.15) is 32.3 Å². The van der Waals surface area contributed by atoms with Crippen molar-refractivity contribution in [2.24, 2.45) is 0 Å². The number of anilines is 1. The number of carbonyl (C=O) groups excluding carboxylic acids is 2. The van der Waals surface area contributed by atoms with Gasteiger partial charge in [0.2, 0.25) is 11.8 Å². The Morgan fingerprint density at radius 3 is 2.50 bits per heavy atom. The molecule has 0 aliphatic carbocycles. The summed E-state index contributed by atoms with van der Waals surface area (Å²) in [5.74, 6) is 0.315. The zero-order valence-electron chi connectivity index (χ0n) is 12.1. The van der Waals surface area contributed by atoms with E-state index in [2.05, 4.69) is 6.07 Å². The summed E-state index contributed by atoms with van der Waals surface area (Å²) < 4.78 is 0. The Kier molecular flexibility index (Phi) is 3.04. The minimum absolute atomic E-state index is 0.103. The number of likely N-dealkylation sites (N-methyl/N-ethyl adjacent to an activating group) is 1. The highest BCUT2D eigenvalue weighted by atomic mass is 16.2. The number of likely N-dealkylation sites (tertiary alicyclic amines) is 1. The van der Waals surface area contributed by atoms with Gasteiger partial charge in [0.1, 0.15) is 0 Å². The van der Waals surface area contributed by atoms with Crippen LogP contribution < -0.4 is 4.90 Å². The fourth-order valence-electron chi connectivity index (χ4n) is 3.60. The molecule has 4 heteroatoms. The van der Waals surface area contributed by atoms with Crippen LogP contribution in [-0.4, -0.2) is 36.3 Å². The van der Waals surface area contributed by atoms with E-state index in [1.807, 2.05) is 34.9 Å². The molecule has 0 aromatic heterocycles. The minimum atomic E-state index is -0.404. The van der Waals surface area contributed by atoms with Crippen LogP contribution in [0.3, 0.4) is 0 Å². The van der Waals surface area contributed by atoms with Gasteiger partial charge in [0.05, 0.1) is 5.41 Å². The van der Waals surface area contributed by atoms with Crippen LogP contribution in [0, 0.1) is 0 Å². The first-order valence-electron chi connectivity index (χ1n) is 7.27. The van der Waals surface area contributed by atoms with Crippen LogP contribution in [-0.2, 0) is 15.0 Å². The number of fused-ring (bicyclic) bond motifs is 2. The van der Waals surface area contributed by atoms with E-state index in [0.29, 0.717) is 19.6 Å². The van der Waals surface area contributed by atoms with Gasteiger partial charge in [0.15, 0.2) is 0 Å². The SMILES string of the molecule is CCN1C(=O)C2(CCN(C(C)=O)CC2)c2ccccc21. The average molecular weight is 272 g/mol. The Bertz CT molecular complexity index is 559. The first-order valence-corrected chi connectivity index (χ1v) is 7.27. The topological polar surface area (TPSA) is 40.6 Å². The quantitative estimate of drug-likeness (QED) is 0.784. The van der Waals surface area contributed by atoms with Crippen LogP contribution in [0.2, 0.25) is 0 Å². The Morgan fingerprint density at radius 2 is 1.90 bits per heavy atom. The molecule has 0 bridgehead atoms. The van der Waals surface area contributed by atoms with E-state index in [1.54, 1.807) is 6.92 Å². The minimum Gasteiger partial charge on any atom is -0.343 e. The predicted molar refractivity (Wildman–Crippen MR) is 77.6 cm³/mol. The first kappa shape index (κ1) is 13.2. The molecule has 2 aliphatic rings. The average Bonchev–Trinajstić information content (AvgIpc) is 2.69. The van der Waals surface area contributed by atoms with Gasteiger partial charge in [-0.2, -0.15) is 0 Å². The second-order valence-electron chi connectivity index (χ2n) is 5.65. The molecular formula is C16H20N2O2. The van der Waals surface area contributed by atoms with Gasteiger partial charge in [-0.05, 0) is 31.4 Å². The van der Waals surface area contributed by atoms with E-state index >= 15 is 0 Å². The zero-order chi connectivity index (χ0) is 14.3. The third-order valence-electron chi connectivity index (χ3n) is 4.74. The highest BCUT2D eigenvalue weighted by Gasteiger charge is 2.51. The fraction of sp³-hybridized carbons (Fsp3) is 0.500. The van der Waals surface area contributed by atoms with E-state index in [1.165, 1.54) is 0 Å². The van der Waals surface area contributed by atoms with Gasteiger partial charge in [-0.15, -0.1) is 0 Å². The molecule has 1 aromatic rings. The summed E-state index contributed by atoms with van der Waals surface area (Å²) in [5, 5.41) is 0. The predicted octanol–water partition coefficient (Wildman–Crippen LogP) is 1.93. The van der Waals surface area contributed by atoms with Crippen molar-refractivity contribution >= 4 is 17.5 Å². The molecule has 20 heavy (non-hydrogen) atoms. The monoisotopic (exact) mass is 272 g/mol. The highest BCUT2D eigenvalue weighted by Crippen LogP contribution is 2.47. The molecule has 106 valence electrons. The third-order valence-corrected chi connectivity index (χ3v) is 4.74. The van der Waals surface area contributed by atoms with E-state index in [-0.39, 0.29) is 11.8 Å². The molecule has 1 fully saturated rings. The molecule has 2 amide bonds. The number of hydrogen-bond acceptors (Lipinski definition) is 2. The number of para-hydroxylation sites is 1. The van der Waals surface area contributed by atoms with E-state index < -0.39 is 5.41 Å². The maximum atomic E-state index is 12.9. The Balaban J connectivity index is 1.98. The summed E-state index contributed by atoms with van der Waals surface area (Å²) in [6.45, 7) is 5.66. The third kappa shape index (κ3) is 1.67. The summed E-state index contributed by atoms with van der Waals surface area (Å²) in [7, 11) is 0. The summed E-state index contributed by atoms with van der Waals surface area (Å²) in [6.07, 6.45) is 1.47. The van der Waals surface area contributed by atoms with Gasteiger partial charge in [0, 0.05) is 32.2 Å². The van der Waals surface area contributed by atoms with Crippen molar-refractivity contribution in [1.29, 1.82) is 0 Å². The largest absolute Gasteiger partial charge is 0.343 e. The van der Waals surface area contributed by atoms with E-state index in [9.17, 15) is 9.59 Å². The van der Waals surface area contributed by atoms with Crippen molar-refractivity contribution in [2.45, 2.75) is 32.1 Å². The first-order chi connectivity index (χ1) is 9.60. The molecule has 0 unspecified atom stereocenters. The van der Waals surface area contributed by atoms with Crippen molar-refractivity contribution in [3.05, 3.63) is 29.8 Å². The standard InChI is InChI=1S/C16H20N2O2/c1-3-18-14-7-5-4-6-13(14)16(15(18)20)8-10-17(11-9-16)12(2)19/h4-7H,3,8-11H2,1-2H3. The molecule has 1 saturated heterocycles. The highest BCUT2D eigenvalue weighted by molar-refractivity contribution is 6.08. The van der Waals surface area contributed by atoms with Crippen molar-refractivity contribution in [3.8, 4) is 0 Å². The molecule has 2 aliphatic heterocycles. The lowest BCUT2D eigenvalue weighted by atomic mass is 9.73. The number of nitrogens with zero attached hydrogens (tertiary/aromatic N) is 2. The molecular weight excluding hydrogens is 252 g/mol. The van der Waals surface area contributed by atoms with Gasteiger partial charge >= 0.3 is 0 Å². The molecule has 0 saturated carbocycles. The number of rotatable bonds is 1. The molecule has 0 N–H and O–H groups in total. The van der Waals surface area contributed by atoms with E-state index in [4.69, 9.17) is 0 Å². The smallest absolute Gasteiger partial charge is 0.237 e. The van der Waals surface area contributed by atoms with Crippen LogP contribution in [0.15, 0.2) is 24.3 Å². The van der Waals surface area contributed by atoms with Crippen molar-refractivity contribution in [2.75, 3.05) is 24.5 Å². The molecule has 0 atom stereocenters. The summed E-state index contributed by atoms with van der Waals surface area (Å²) in [5.41, 5.74) is 1.80. The Morgan fingerprint density at radius 1 is 1.25 bits per heavy atom. The zero-order valence-corrected chi connectivity index (χ0v) is 12.1. The molecule has 1 aromatic carbocycles. The second kappa shape index (κ2) is 4.62. The maximum Gasteiger partial charge on any atom is 0.237 e. The Hall–Kier alpha value is -1.84. The maximum absolute atomic E-state index is 12.9. The van der Waals surface area contributed by atoms with Crippen molar-refractivity contribution in [1.82, 2.24) is 4.90 Å². The lowest BCUT2D eigenvalue weighted by Crippen LogP contribution is -2.49. The summed E-state index contributed by atoms with van der Waals surface area (Å²) in [6, 6.07) is 8.10. The van der Waals surface area contributed by atoms with Crippen molar-refractivity contribution < 1.29 is 9.59 Å².